The minimum absolute atomic E-state index is 0.255. The number of hydrogen-bond acceptors (Lipinski definition) is 3. The second-order valence-electron chi connectivity index (χ2n) is 2.13. The van der Waals surface area contributed by atoms with Crippen LogP contribution >= 0.6 is 0 Å². The highest BCUT2D eigenvalue weighted by Gasteiger charge is 2.09. The van der Waals surface area contributed by atoms with Crippen molar-refractivity contribution in [1.82, 2.24) is 0 Å². The molecule has 0 aliphatic rings. The average molecular weight is 168 g/mol. The van der Waals surface area contributed by atoms with E-state index in [0.29, 0.717) is 6.42 Å². The first kappa shape index (κ1) is 10.7. The molecule has 0 spiro atoms. The molecule has 0 saturated heterocycles. The third-order valence-corrected chi connectivity index (χ3v) is 1.11. The van der Waals surface area contributed by atoms with Crippen LogP contribution in [0.3, 0.4) is 0 Å². The number of aliphatic hydroxyl groups excluding tert-OH is 1. The second kappa shape index (κ2) is 5.32. The first-order valence-corrected chi connectivity index (χ1v) is 3.42. The third-order valence-electron chi connectivity index (χ3n) is 1.11. The van der Waals surface area contributed by atoms with Crippen LogP contribution in [0.4, 0.5) is 0 Å². The largest absolute Gasteiger partial charge is 0.429 e. The van der Waals surface area contributed by atoms with Crippen molar-refractivity contribution >= 4 is 5.97 Å². The lowest BCUT2D eigenvalue weighted by Crippen LogP contribution is -2.15. The quantitative estimate of drug-likeness (QED) is 0.290. The van der Waals surface area contributed by atoms with Crippen molar-refractivity contribution in [3.8, 4) is 0 Å². The van der Waals surface area contributed by atoms with Crippen LogP contribution < -0.4 is 0 Å². The molecule has 0 aliphatic carbocycles. The van der Waals surface area contributed by atoms with Gasteiger partial charge < -0.3 is 9.84 Å². The van der Waals surface area contributed by atoms with Gasteiger partial charge >= 0.3 is 5.97 Å². The third kappa shape index (κ3) is 3.73. The van der Waals surface area contributed by atoms with Crippen molar-refractivity contribution in [2.45, 2.75) is 12.7 Å². The molecule has 0 bridgehead atoms. The fourth-order valence-corrected chi connectivity index (χ4v) is 0.499. The Morgan fingerprint density at radius 1 is 1.58 bits per heavy atom. The van der Waals surface area contributed by atoms with Gasteiger partial charge in [-0.05, 0) is 12.5 Å². The molecule has 0 aromatic heterocycles. The molecule has 0 aromatic rings. The minimum Gasteiger partial charge on any atom is -0.429 e. The van der Waals surface area contributed by atoms with Crippen LogP contribution in [0, 0.1) is 0 Å². The summed E-state index contributed by atoms with van der Waals surface area (Å²) in [5, 5.41) is 8.82. The summed E-state index contributed by atoms with van der Waals surface area (Å²) in [4.78, 5) is 10.9. The SMILES string of the molecule is C=CCC(=C)C(=O)OC(O)C=C. The van der Waals surface area contributed by atoms with Crippen LogP contribution in [0.25, 0.3) is 0 Å². The molecular weight excluding hydrogens is 156 g/mol. The smallest absolute Gasteiger partial charge is 0.336 e. The van der Waals surface area contributed by atoms with Gasteiger partial charge in [-0.15, -0.1) is 6.58 Å². The molecule has 0 radical (unpaired) electrons. The summed E-state index contributed by atoms with van der Waals surface area (Å²) in [7, 11) is 0. The number of carbonyl (C=O) groups excluding carboxylic acids is 1. The number of ether oxygens (including phenoxy) is 1. The van der Waals surface area contributed by atoms with E-state index in [2.05, 4.69) is 24.5 Å². The fourth-order valence-electron chi connectivity index (χ4n) is 0.499. The lowest BCUT2D eigenvalue weighted by Gasteiger charge is -2.07. The summed E-state index contributed by atoms with van der Waals surface area (Å²) in [6.07, 6.45) is 1.73. The molecule has 1 N–H and O–H groups in total. The summed E-state index contributed by atoms with van der Waals surface area (Å²) in [5.41, 5.74) is 0.255. The molecular formula is C9H12O3. The van der Waals surface area contributed by atoms with Crippen molar-refractivity contribution in [2.24, 2.45) is 0 Å². The number of rotatable bonds is 5. The topological polar surface area (TPSA) is 46.5 Å². The van der Waals surface area contributed by atoms with Crippen LogP contribution in [0.15, 0.2) is 37.5 Å². The maximum atomic E-state index is 10.9. The molecule has 1 unspecified atom stereocenters. The van der Waals surface area contributed by atoms with Gasteiger partial charge in [0.2, 0.25) is 6.29 Å². The van der Waals surface area contributed by atoms with Gasteiger partial charge in [-0.1, -0.05) is 19.2 Å². The maximum absolute atomic E-state index is 10.9. The first-order chi connectivity index (χ1) is 5.61. The Hall–Kier alpha value is -1.35. The summed E-state index contributed by atoms with van der Waals surface area (Å²) in [5.74, 6) is -0.637. The lowest BCUT2D eigenvalue weighted by molar-refractivity contribution is -0.155. The highest BCUT2D eigenvalue weighted by atomic mass is 16.6. The summed E-state index contributed by atoms with van der Waals surface area (Å²) in [6.45, 7) is 10.1. The van der Waals surface area contributed by atoms with E-state index in [1.165, 1.54) is 6.08 Å². The fraction of sp³-hybridized carbons (Fsp3) is 0.222. The van der Waals surface area contributed by atoms with Crippen LogP contribution in [-0.4, -0.2) is 17.4 Å². The molecule has 12 heavy (non-hydrogen) atoms. The van der Waals surface area contributed by atoms with Gasteiger partial charge in [-0.3, -0.25) is 0 Å². The zero-order valence-electron chi connectivity index (χ0n) is 6.82. The summed E-state index contributed by atoms with van der Waals surface area (Å²) in [6, 6.07) is 0. The molecule has 0 fully saturated rings. The van der Waals surface area contributed by atoms with Gasteiger partial charge in [0.1, 0.15) is 0 Å². The monoisotopic (exact) mass is 168 g/mol. The number of aliphatic hydroxyl groups is 1. The van der Waals surface area contributed by atoms with Crippen molar-refractivity contribution in [3.05, 3.63) is 37.5 Å². The molecule has 0 rings (SSSR count). The van der Waals surface area contributed by atoms with Gasteiger partial charge in [0.05, 0.1) is 0 Å². The van der Waals surface area contributed by atoms with Gasteiger partial charge in [0.15, 0.2) is 0 Å². The van der Waals surface area contributed by atoms with Crippen LogP contribution in [0.5, 0.6) is 0 Å². The predicted octanol–water partition coefficient (Wildman–Crippen LogP) is 1.17. The van der Waals surface area contributed by atoms with Crippen LogP contribution in [-0.2, 0) is 9.53 Å². The van der Waals surface area contributed by atoms with Gasteiger partial charge in [0, 0.05) is 5.57 Å². The van der Waals surface area contributed by atoms with E-state index in [9.17, 15) is 4.79 Å². The highest BCUT2D eigenvalue weighted by molar-refractivity contribution is 5.88. The Morgan fingerprint density at radius 2 is 2.17 bits per heavy atom. The summed E-state index contributed by atoms with van der Waals surface area (Å²) < 4.78 is 4.47. The molecule has 0 aliphatic heterocycles. The molecule has 3 nitrogen and oxygen atoms in total. The van der Waals surface area contributed by atoms with Crippen molar-refractivity contribution < 1.29 is 14.6 Å². The first-order valence-electron chi connectivity index (χ1n) is 3.42. The number of hydrogen-bond donors (Lipinski definition) is 1. The molecule has 1 atom stereocenters. The van der Waals surface area contributed by atoms with E-state index in [0.717, 1.165) is 6.08 Å². The molecule has 0 amide bonds. The molecule has 66 valence electrons. The number of carbonyl (C=O) groups is 1. The lowest BCUT2D eigenvalue weighted by atomic mass is 10.2. The van der Waals surface area contributed by atoms with Gasteiger partial charge in [-0.25, -0.2) is 4.79 Å². The Labute approximate surface area is 71.7 Å². The maximum Gasteiger partial charge on any atom is 0.336 e. The highest BCUT2D eigenvalue weighted by Crippen LogP contribution is 2.03. The number of esters is 1. The predicted molar refractivity (Wildman–Crippen MR) is 46.2 cm³/mol. The Bertz CT molecular complexity index is 206. The normalized spacial score (nSPS) is 11.4. The van der Waals surface area contributed by atoms with Crippen molar-refractivity contribution in [3.63, 3.8) is 0 Å². The Kier molecular flexibility index (Phi) is 4.72. The van der Waals surface area contributed by atoms with Crippen molar-refractivity contribution in [2.75, 3.05) is 0 Å². The standard InChI is InChI=1S/C9H12O3/c1-4-6-7(3)9(11)12-8(10)5-2/h4-5,8,10H,1-3,6H2. The van der Waals surface area contributed by atoms with Crippen LogP contribution in [0.2, 0.25) is 0 Å². The van der Waals surface area contributed by atoms with E-state index in [1.54, 1.807) is 0 Å². The molecule has 3 heteroatoms. The molecule has 0 heterocycles. The van der Waals surface area contributed by atoms with Crippen molar-refractivity contribution in [1.29, 1.82) is 0 Å². The van der Waals surface area contributed by atoms with Gasteiger partial charge in [0.25, 0.3) is 0 Å². The van der Waals surface area contributed by atoms with E-state index in [1.807, 2.05) is 0 Å². The molecule has 0 aromatic carbocycles. The zero-order valence-corrected chi connectivity index (χ0v) is 6.82. The Morgan fingerprint density at radius 3 is 2.58 bits per heavy atom. The number of allylic oxidation sites excluding steroid dienone is 1. The van der Waals surface area contributed by atoms with E-state index >= 15 is 0 Å². The summed E-state index contributed by atoms with van der Waals surface area (Å²) >= 11 is 0. The zero-order chi connectivity index (χ0) is 9.56. The average Bonchev–Trinajstić information content (AvgIpc) is 2.04. The van der Waals surface area contributed by atoms with E-state index < -0.39 is 12.3 Å². The Balaban J connectivity index is 3.94. The van der Waals surface area contributed by atoms with Crippen LogP contribution in [0.1, 0.15) is 6.42 Å². The minimum atomic E-state index is -1.26. The second-order valence-corrected chi connectivity index (χ2v) is 2.13. The van der Waals surface area contributed by atoms with Gasteiger partial charge in [-0.2, -0.15) is 0 Å². The van der Waals surface area contributed by atoms with E-state index in [-0.39, 0.29) is 5.57 Å². The molecule has 0 saturated carbocycles. The van der Waals surface area contributed by atoms with E-state index in [4.69, 9.17) is 5.11 Å².